The number of ether oxygens (including phenoxy) is 1. The van der Waals surface area contributed by atoms with Crippen LogP contribution in [0.1, 0.15) is 16.8 Å². The van der Waals surface area contributed by atoms with Gasteiger partial charge in [-0.05, 0) is 24.6 Å². The fourth-order valence-corrected chi connectivity index (χ4v) is 2.86. The Hall–Kier alpha value is -3.15. The van der Waals surface area contributed by atoms with Crippen molar-refractivity contribution in [3.05, 3.63) is 71.5 Å². The van der Waals surface area contributed by atoms with E-state index in [2.05, 4.69) is 41.5 Å². The number of aryl methyl sites for hydroxylation is 1. The van der Waals surface area contributed by atoms with Gasteiger partial charge in [-0.1, -0.05) is 47.2 Å². The molecule has 4 rings (SSSR count). The van der Waals surface area contributed by atoms with Crippen LogP contribution in [0.2, 0.25) is 0 Å². The van der Waals surface area contributed by atoms with Gasteiger partial charge >= 0.3 is 0 Å². The van der Waals surface area contributed by atoms with Gasteiger partial charge in [0.2, 0.25) is 0 Å². The summed E-state index contributed by atoms with van der Waals surface area (Å²) in [7, 11) is 0. The standard InChI is InChI=1S/C19H18N4O2/c1-14-6-8-15(9-7-14)10-22-11-16(20-21-22)12-23-17-4-2-3-5-18(17)25-13-19(23)24/h2-9,11H,10,12-13H2,1H3. The molecule has 0 saturated heterocycles. The third-order valence-electron chi connectivity index (χ3n) is 4.18. The lowest BCUT2D eigenvalue weighted by Crippen LogP contribution is -2.38. The Morgan fingerprint density at radius 2 is 1.88 bits per heavy atom. The molecule has 0 fully saturated rings. The van der Waals surface area contributed by atoms with Crippen LogP contribution in [0.25, 0.3) is 0 Å². The topological polar surface area (TPSA) is 60.2 Å². The van der Waals surface area contributed by atoms with Gasteiger partial charge in [-0.25, -0.2) is 4.68 Å². The maximum atomic E-state index is 12.2. The van der Waals surface area contributed by atoms with Crippen molar-refractivity contribution < 1.29 is 9.53 Å². The van der Waals surface area contributed by atoms with Crippen molar-refractivity contribution in [2.24, 2.45) is 0 Å². The van der Waals surface area contributed by atoms with Gasteiger partial charge < -0.3 is 4.74 Å². The number of aromatic nitrogens is 3. The molecule has 126 valence electrons. The van der Waals surface area contributed by atoms with E-state index < -0.39 is 0 Å². The normalized spacial score (nSPS) is 13.5. The molecule has 0 atom stereocenters. The summed E-state index contributed by atoms with van der Waals surface area (Å²) in [6, 6.07) is 15.8. The lowest BCUT2D eigenvalue weighted by atomic mass is 10.1. The number of hydrogen-bond acceptors (Lipinski definition) is 4. The number of anilines is 1. The number of amides is 1. The Bertz CT molecular complexity index is 902. The molecule has 6 nitrogen and oxygen atoms in total. The van der Waals surface area contributed by atoms with Crippen LogP contribution in [0.5, 0.6) is 5.75 Å². The SMILES string of the molecule is Cc1ccc(Cn2cc(CN3C(=O)COc4ccccc43)nn2)cc1. The molecule has 3 aromatic rings. The Kier molecular flexibility index (Phi) is 3.93. The smallest absolute Gasteiger partial charge is 0.265 e. The molecule has 1 aromatic heterocycles. The molecule has 0 aliphatic carbocycles. The predicted octanol–water partition coefficient (Wildman–Crippen LogP) is 2.56. The largest absolute Gasteiger partial charge is 0.482 e. The summed E-state index contributed by atoms with van der Waals surface area (Å²) < 4.78 is 7.25. The van der Waals surface area contributed by atoms with Crippen molar-refractivity contribution in [3.8, 4) is 5.75 Å². The first-order valence-electron chi connectivity index (χ1n) is 8.16. The summed E-state index contributed by atoms with van der Waals surface area (Å²) in [6.45, 7) is 3.15. The number of rotatable bonds is 4. The number of carbonyl (C=O) groups is 1. The Balaban J connectivity index is 1.51. The van der Waals surface area contributed by atoms with E-state index in [1.807, 2.05) is 30.5 Å². The van der Waals surface area contributed by atoms with Gasteiger partial charge in [-0.2, -0.15) is 0 Å². The number of nitrogens with zero attached hydrogens (tertiary/aromatic N) is 4. The molecule has 1 amide bonds. The lowest BCUT2D eigenvalue weighted by Gasteiger charge is -2.28. The summed E-state index contributed by atoms with van der Waals surface area (Å²) in [5.41, 5.74) is 3.91. The van der Waals surface area contributed by atoms with Crippen molar-refractivity contribution in [2.75, 3.05) is 11.5 Å². The third-order valence-corrected chi connectivity index (χ3v) is 4.18. The molecule has 0 unspecified atom stereocenters. The minimum atomic E-state index is -0.0771. The van der Waals surface area contributed by atoms with Gasteiger partial charge in [0.15, 0.2) is 6.61 Å². The van der Waals surface area contributed by atoms with Crippen molar-refractivity contribution in [1.82, 2.24) is 15.0 Å². The van der Waals surface area contributed by atoms with Crippen molar-refractivity contribution in [1.29, 1.82) is 0 Å². The first kappa shape index (κ1) is 15.4. The number of para-hydroxylation sites is 2. The molecule has 1 aliphatic heterocycles. The van der Waals surface area contributed by atoms with E-state index in [4.69, 9.17) is 4.74 Å². The highest BCUT2D eigenvalue weighted by Crippen LogP contribution is 2.32. The van der Waals surface area contributed by atoms with Crippen molar-refractivity contribution >= 4 is 11.6 Å². The number of carbonyl (C=O) groups excluding carboxylic acids is 1. The highest BCUT2D eigenvalue weighted by Gasteiger charge is 2.25. The second-order valence-corrected chi connectivity index (χ2v) is 6.13. The fraction of sp³-hybridized carbons (Fsp3) is 0.211. The second-order valence-electron chi connectivity index (χ2n) is 6.13. The predicted molar refractivity (Wildman–Crippen MR) is 93.4 cm³/mol. The van der Waals surface area contributed by atoms with Gasteiger partial charge in [0.25, 0.3) is 5.91 Å². The average molecular weight is 334 g/mol. The Morgan fingerprint density at radius 3 is 2.72 bits per heavy atom. The minimum Gasteiger partial charge on any atom is -0.482 e. The lowest BCUT2D eigenvalue weighted by molar-refractivity contribution is -0.121. The van der Waals surface area contributed by atoms with E-state index in [0.29, 0.717) is 18.8 Å². The van der Waals surface area contributed by atoms with Crippen LogP contribution in [0.4, 0.5) is 5.69 Å². The first-order chi connectivity index (χ1) is 12.2. The van der Waals surface area contributed by atoms with Gasteiger partial charge in [-0.15, -0.1) is 5.10 Å². The number of fused-ring (bicyclic) bond motifs is 1. The van der Waals surface area contributed by atoms with E-state index in [9.17, 15) is 4.79 Å². The minimum absolute atomic E-state index is 0.0501. The Morgan fingerprint density at radius 1 is 1.08 bits per heavy atom. The monoisotopic (exact) mass is 334 g/mol. The highest BCUT2D eigenvalue weighted by atomic mass is 16.5. The third kappa shape index (κ3) is 3.24. The summed E-state index contributed by atoms with van der Waals surface area (Å²) in [5.74, 6) is 0.640. The molecule has 25 heavy (non-hydrogen) atoms. The van der Waals surface area contributed by atoms with Crippen LogP contribution in [0.15, 0.2) is 54.7 Å². The quantitative estimate of drug-likeness (QED) is 0.736. The maximum absolute atomic E-state index is 12.2. The number of hydrogen-bond donors (Lipinski definition) is 0. The molecule has 0 radical (unpaired) electrons. The summed E-state index contributed by atoms with van der Waals surface area (Å²) in [5, 5.41) is 8.39. The van der Waals surface area contributed by atoms with Gasteiger partial charge in [0.05, 0.1) is 25.0 Å². The Labute approximate surface area is 145 Å². The van der Waals surface area contributed by atoms with Gasteiger partial charge in [0, 0.05) is 0 Å². The molecule has 6 heteroatoms. The maximum Gasteiger partial charge on any atom is 0.265 e. The average Bonchev–Trinajstić information content (AvgIpc) is 3.07. The van der Waals surface area contributed by atoms with Gasteiger partial charge in [0.1, 0.15) is 11.4 Å². The van der Waals surface area contributed by atoms with E-state index >= 15 is 0 Å². The van der Waals surface area contributed by atoms with E-state index in [1.165, 1.54) is 5.56 Å². The fourth-order valence-electron chi connectivity index (χ4n) is 2.86. The molecule has 0 spiro atoms. The molecule has 1 aliphatic rings. The number of benzene rings is 2. The van der Waals surface area contributed by atoms with Crippen LogP contribution < -0.4 is 9.64 Å². The van der Waals surface area contributed by atoms with Crippen LogP contribution >= 0.6 is 0 Å². The zero-order chi connectivity index (χ0) is 17.2. The van der Waals surface area contributed by atoms with Crippen LogP contribution in [0.3, 0.4) is 0 Å². The zero-order valence-electron chi connectivity index (χ0n) is 13.9. The van der Waals surface area contributed by atoms with E-state index in [-0.39, 0.29) is 12.5 Å². The first-order valence-corrected chi connectivity index (χ1v) is 8.16. The van der Waals surface area contributed by atoms with Crippen molar-refractivity contribution in [2.45, 2.75) is 20.0 Å². The van der Waals surface area contributed by atoms with Gasteiger partial charge in [-0.3, -0.25) is 9.69 Å². The summed E-state index contributed by atoms with van der Waals surface area (Å²) in [6.07, 6.45) is 1.88. The summed E-state index contributed by atoms with van der Waals surface area (Å²) >= 11 is 0. The van der Waals surface area contributed by atoms with Crippen LogP contribution in [0, 0.1) is 6.92 Å². The molecular weight excluding hydrogens is 316 g/mol. The highest BCUT2D eigenvalue weighted by molar-refractivity contribution is 5.97. The van der Waals surface area contributed by atoms with E-state index in [1.54, 1.807) is 9.58 Å². The molecular formula is C19H18N4O2. The molecule has 0 bridgehead atoms. The second kappa shape index (κ2) is 6.39. The van der Waals surface area contributed by atoms with Crippen LogP contribution in [-0.2, 0) is 17.9 Å². The molecule has 0 N–H and O–H groups in total. The van der Waals surface area contributed by atoms with E-state index in [0.717, 1.165) is 16.9 Å². The molecule has 0 saturated carbocycles. The van der Waals surface area contributed by atoms with Crippen molar-refractivity contribution in [3.63, 3.8) is 0 Å². The molecule has 2 aromatic carbocycles. The zero-order valence-corrected chi connectivity index (χ0v) is 13.9. The molecule has 2 heterocycles. The summed E-state index contributed by atoms with van der Waals surface area (Å²) in [4.78, 5) is 13.9. The van der Waals surface area contributed by atoms with Crippen LogP contribution in [-0.4, -0.2) is 27.5 Å².